The predicted molar refractivity (Wildman–Crippen MR) is 85.6 cm³/mol. The highest BCUT2D eigenvalue weighted by Gasteiger charge is 2.72. The maximum atomic E-state index is 11.1. The third kappa shape index (κ3) is 1.71. The average Bonchev–Trinajstić information content (AvgIpc) is 2.94. The fraction of sp³-hybridized carbons (Fsp3) is 0.643. The molecule has 132 valence electrons. The number of ether oxygens (including phenoxy) is 1. The molecule has 1 aliphatic rings. The van der Waals surface area contributed by atoms with Crippen LogP contribution in [-0.4, -0.2) is 58.2 Å². The number of rotatable bonds is 2. The molecule has 1 aliphatic heterocycles. The first kappa shape index (κ1) is 16.8. The SMILES string of the molecule is C[C@]1(O)[C@](C)(O)[C@](C)(n2cnc3c(N)nc(N)nc32)O[C@]1(C)CO. The van der Waals surface area contributed by atoms with E-state index in [4.69, 9.17) is 16.2 Å². The molecule has 0 spiro atoms. The maximum Gasteiger partial charge on any atom is 0.224 e. The average molecular weight is 338 g/mol. The van der Waals surface area contributed by atoms with Gasteiger partial charge in [-0.2, -0.15) is 9.97 Å². The van der Waals surface area contributed by atoms with Gasteiger partial charge in [-0.25, -0.2) is 4.98 Å². The van der Waals surface area contributed by atoms with E-state index < -0.39 is 29.1 Å². The van der Waals surface area contributed by atoms with Gasteiger partial charge in [0, 0.05) is 0 Å². The molecule has 7 N–H and O–H groups in total. The standard InChI is InChI=1S/C14H22N6O4/c1-11(5-21)12(2,22)13(3,23)14(4,24-11)20-6-17-7-8(15)18-10(16)19-9(7)20/h6,21-23H,5H2,1-4H3,(H4,15,16,18,19)/t11-,12-,13+,14-/m1/s1. The van der Waals surface area contributed by atoms with E-state index in [1.165, 1.54) is 31.7 Å². The molecule has 10 nitrogen and oxygen atoms in total. The summed E-state index contributed by atoms with van der Waals surface area (Å²) >= 11 is 0. The quantitative estimate of drug-likeness (QED) is 0.459. The van der Waals surface area contributed by atoms with Crippen molar-refractivity contribution in [3.63, 3.8) is 0 Å². The monoisotopic (exact) mass is 338 g/mol. The van der Waals surface area contributed by atoms with E-state index in [9.17, 15) is 15.3 Å². The summed E-state index contributed by atoms with van der Waals surface area (Å²) in [4.78, 5) is 12.1. The minimum absolute atomic E-state index is 0.0559. The van der Waals surface area contributed by atoms with Gasteiger partial charge in [-0.3, -0.25) is 4.57 Å². The molecule has 0 aliphatic carbocycles. The molecule has 0 unspecified atom stereocenters. The zero-order valence-corrected chi connectivity index (χ0v) is 14.0. The van der Waals surface area contributed by atoms with E-state index in [1.807, 2.05) is 0 Å². The minimum Gasteiger partial charge on any atom is -0.393 e. The summed E-state index contributed by atoms with van der Waals surface area (Å²) in [6, 6.07) is 0. The molecular weight excluding hydrogens is 316 g/mol. The number of hydrogen-bond acceptors (Lipinski definition) is 9. The van der Waals surface area contributed by atoms with Crippen molar-refractivity contribution in [2.45, 2.75) is 50.2 Å². The van der Waals surface area contributed by atoms with Crippen LogP contribution in [0.1, 0.15) is 27.7 Å². The van der Waals surface area contributed by atoms with Gasteiger partial charge < -0.3 is 31.5 Å². The Bertz CT molecular complexity index is 819. The predicted octanol–water partition coefficient (Wildman–Crippen LogP) is -1.05. The lowest BCUT2D eigenvalue weighted by Crippen LogP contribution is -2.63. The number of nitrogens with zero attached hydrogens (tertiary/aromatic N) is 4. The second-order valence-electron chi connectivity index (χ2n) is 6.87. The molecule has 4 atom stereocenters. The van der Waals surface area contributed by atoms with Gasteiger partial charge in [0.1, 0.15) is 22.3 Å². The van der Waals surface area contributed by atoms with Gasteiger partial charge in [-0.1, -0.05) is 0 Å². The summed E-state index contributed by atoms with van der Waals surface area (Å²) in [6.45, 7) is 5.41. The van der Waals surface area contributed by atoms with Crippen LogP contribution in [0.2, 0.25) is 0 Å². The Morgan fingerprint density at radius 3 is 2.29 bits per heavy atom. The van der Waals surface area contributed by atoms with Crippen molar-refractivity contribution in [3.05, 3.63) is 6.33 Å². The molecular formula is C14H22N6O4. The van der Waals surface area contributed by atoms with Crippen LogP contribution in [0, 0.1) is 0 Å². The number of imidazole rings is 1. The third-order valence-electron chi connectivity index (χ3n) is 5.51. The van der Waals surface area contributed by atoms with Crippen molar-refractivity contribution in [1.29, 1.82) is 0 Å². The summed E-state index contributed by atoms with van der Waals surface area (Å²) in [5.41, 5.74) is 5.51. The first-order valence-electron chi connectivity index (χ1n) is 7.43. The van der Waals surface area contributed by atoms with Gasteiger partial charge in [0.2, 0.25) is 5.95 Å². The van der Waals surface area contributed by atoms with Gasteiger partial charge in [0.25, 0.3) is 0 Å². The van der Waals surface area contributed by atoms with Crippen LogP contribution >= 0.6 is 0 Å². The number of hydrogen-bond donors (Lipinski definition) is 5. The summed E-state index contributed by atoms with van der Waals surface area (Å²) < 4.78 is 7.42. The fourth-order valence-electron chi connectivity index (χ4n) is 3.33. The molecule has 1 fully saturated rings. The number of aliphatic hydroxyl groups is 3. The van der Waals surface area contributed by atoms with Gasteiger partial charge in [0.15, 0.2) is 17.2 Å². The summed E-state index contributed by atoms with van der Waals surface area (Å²) in [5.74, 6) is 0.0360. The minimum atomic E-state index is -1.81. The normalized spacial score (nSPS) is 39.6. The fourth-order valence-corrected chi connectivity index (χ4v) is 3.33. The number of aliphatic hydroxyl groups excluding tert-OH is 1. The van der Waals surface area contributed by atoms with Crippen LogP contribution in [0.4, 0.5) is 11.8 Å². The Kier molecular flexibility index (Phi) is 3.18. The second-order valence-corrected chi connectivity index (χ2v) is 6.87. The topological polar surface area (TPSA) is 166 Å². The highest BCUT2D eigenvalue weighted by molar-refractivity contribution is 5.82. The van der Waals surface area contributed by atoms with Crippen molar-refractivity contribution < 1.29 is 20.1 Å². The van der Waals surface area contributed by atoms with Crippen molar-refractivity contribution in [1.82, 2.24) is 19.5 Å². The Hall–Kier alpha value is -2.01. The van der Waals surface area contributed by atoms with Gasteiger partial charge in [-0.05, 0) is 27.7 Å². The number of fused-ring (bicyclic) bond motifs is 1. The number of aromatic nitrogens is 4. The number of nitrogens with two attached hydrogens (primary N) is 2. The van der Waals surface area contributed by atoms with Crippen LogP contribution in [0.3, 0.4) is 0 Å². The Labute approximate surface area is 138 Å². The molecule has 0 saturated carbocycles. The Morgan fingerprint density at radius 1 is 1.12 bits per heavy atom. The third-order valence-corrected chi connectivity index (χ3v) is 5.51. The van der Waals surface area contributed by atoms with Gasteiger partial charge in [0.05, 0.1) is 12.9 Å². The number of anilines is 2. The van der Waals surface area contributed by atoms with Gasteiger partial charge >= 0.3 is 0 Å². The van der Waals surface area contributed by atoms with Crippen LogP contribution < -0.4 is 11.5 Å². The molecule has 2 aromatic rings. The number of nitrogen functional groups attached to an aromatic ring is 2. The van der Waals surface area contributed by atoms with Crippen LogP contribution in [0.15, 0.2) is 6.33 Å². The van der Waals surface area contributed by atoms with Crippen LogP contribution in [0.25, 0.3) is 11.2 Å². The van der Waals surface area contributed by atoms with Crippen molar-refractivity contribution >= 4 is 22.9 Å². The lowest BCUT2D eigenvalue weighted by Gasteiger charge is -2.42. The van der Waals surface area contributed by atoms with E-state index in [0.717, 1.165) is 0 Å². The van der Waals surface area contributed by atoms with Crippen molar-refractivity contribution in [2.24, 2.45) is 0 Å². The highest BCUT2D eigenvalue weighted by atomic mass is 16.6. The zero-order valence-electron chi connectivity index (χ0n) is 14.0. The summed E-state index contributed by atoms with van der Waals surface area (Å²) in [6.07, 6.45) is 1.38. The zero-order chi connectivity index (χ0) is 18.1. The molecule has 0 bridgehead atoms. The summed E-state index contributed by atoms with van der Waals surface area (Å²) in [5, 5.41) is 31.8. The van der Waals surface area contributed by atoms with E-state index in [-0.39, 0.29) is 17.4 Å². The molecule has 10 heteroatoms. The lowest BCUT2D eigenvalue weighted by atomic mass is 9.73. The lowest BCUT2D eigenvalue weighted by molar-refractivity contribution is -0.192. The molecule has 0 radical (unpaired) electrons. The van der Waals surface area contributed by atoms with E-state index in [1.54, 1.807) is 6.92 Å². The van der Waals surface area contributed by atoms with E-state index in [2.05, 4.69) is 15.0 Å². The van der Waals surface area contributed by atoms with E-state index >= 15 is 0 Å². The van der Waals surface area contributed by atoms with Crippen LogP contribution in [0.5, 0.6) is 0 Å². The summed E-state index contributed by atoms with van der Waals surface area (Å²) in [7, 11) is 0. The highest BCUT2D eigenvalue weighted by Crippen LogP contribution is 2.54. The first-order valence-corrected chi connectivity index (χ1v) is 7.43. The van der Waals surface area contributed by atoms with E-state index in [0.29, 0.717) is 5.52 Å². The van der Waals surface area contributed by atoms with Crippen molar-refractivity contribution in [3.8, 4) is 0 Å². The maximum absolute atomic E-state index is 11.1. The largest absolute Gasteiger partial charge is 0.393 e. The molecule has 0 aromatic carbocycles. The first-order chi connectivity index (χ1) is 10.9. The molecule has 2 aromatic heterocycles. The molecule has 24 heavy (non-hydrogen) atoms. The smallest absolute Gasteiger partial charge is 0.224 e. The Balaban J connectivity index is 2.30. The Morgan fingerprint density at radius 2 is 1.75 bits per heavy atom. The molecule has 1 saturated heterocycles. The molecule has 3 rings (SSSR count). The second kappa shape index (κ2) is 4.54. The molecule has 3 heterocycles. The van der Waals surface area contributed by atoms with Gasteiger partial charge in [-0.15, -0.1) is 0 Å². The molecule has 0 amide bonds. The van der Waals surface area contributed by atoms with Crippen molar-refractivity contribution in [2.75, 3.05) is 18.1 Å². The van der Waals surface area contributed by atoms with Crippen LogP contribution in [-0.2, 0) is 10.5 Å².